The Balaban J connectivity index is 2.06. The van der Waals surface area contributed by atoms with Gasteiger partial charge in [-0.25, -0.2) is 13.2 Å². The van der Waals surface area contributed by atoms with Gasteiger partial charge in [0.15, 0.2) is 0 Å². The first-order valence-electron chi connectivity index (χ1n) is 9.88. The molecular formula is C22H25N5O3S. The summed E-state index contributed by atoms with van der Waals surface area (Å²) in [5.41, 5.74) is 11.2. The molecule has 0 amide bonds. The zero-order valence-corrected chi connectivity index (χ0v) is 18.9. The van der Waals surface area contributed by atoms with Gasteiger partial charge in [0.05, 0.1) is 22.9 Å². The molecule has 2 N–H and O–H groups in total. The predicted molar refractivity (Wildman–Crippen MR) is 124 cm³/mol. The Kier molecular flexibility index (Phi) is 4.81. The minimum absolute atomic E-state index is 0.00274. The van der Waals surface area contributed by atoms with Crippen LogP contribution in [0.1, 0.15) is 25.5 Å². The standard InChI is InChI=1S/C22H25N5O3S/c1-13(2)26-17-10-9-15(12-18(17)25(4)22(26)28)19-20(16-8-6-7-14(3)11-16)24-27(21(19)23)31(5,29)30/h6-13H,23H2,1-5H3. The van der Waals surface area contributed by atoms with Crippen molar-refractivity contribution < 1.29 is 8.42 Å². The summed E-state index contributed by atoms with van der Waals surface area (Å²) in [6.45, 7) is 5.87. The highest BCUT2D eigenvalue weighted by atomic mass is 32.2. The lowest BCUT2D eigenvalue weighted by molar-refractivity contribution is 0.583. The van der Waals surface area contributed by atoms with Gasteiger partial charge in [0.1, 0.15) is 11.5 Å². The first-order valence-corrected chi connectivity index (χ1v) is 11.7. The molecule has 2 aromatic carbocycles. The molecule has 162 valence electrons. The number of aryl methyl sites for hydroxylation is 2. The molecule has 31 heavy (non-hydrogen) atoms. The van der Waals surface area contributed by atoms with E-state index in [0.29, 0.717) is 16.8 Å². The highest BCUT2D eigenvalue weighted by molar-refractivity contribution is 7.89. The van der Waals surface area contributed by atoms with Gasteiger partial charge in [-0.15, -0.1) is 4.09 Å². The number of nitrogens with zero attached hydrogens (tertiary/aromatic N) is 4. The van der Waals surface area contributed by atoms with Crippen molar-refractivity contribution in [2.45, 2.75) is 26.8 Å². The van der Waals surface area contributed by atoms with Crippen LogP contribution in [-0.2, 0) is 17.1 Å². The number of nitrogens with two attached hydrogens (primary N) is 1. The highest BCUT2D eigenvalue weighted by Crippen LogP contribution is 2.38. The lowest BCUT2D eigenvalue weighted by Gasteiger charge is -2.08. The molecular weight excluding hydrogens is 414 g/mol. The summed E-state index contributed by atoms with van der Waals surface area (Å²) >= 11 is 0. The second-order valence-corrected chi connectivity index (χ2v) is 9.91. The maximum Gasteiger partial charge on any atom is 0.329 e. The number of anilines is 1. The Bertz CT molecular complexity index is 1490. The van der Waals surface area contributed by atoms with Gasteiger partial charge in [-0.1, -0.05) is 29.8 Å². The van der Waals surface area contributed by atoms with Crippen molar-refractivity contribution in [1.82, 2.24) is 18.3 Å². The molecule has 0 fully saturated rings. The van der Waals surface area contributed by atoms with Crippen LogP contribution in [0.3, 0.4) is 0 Å². The van der Waals surface area contributed by atoms with E-state index in [4.69, 9.17) is 5.73 Å². The normalized spacial score (nSPS) is 12.2. The van der Waals surface area contributed by atoms with E-state index in [-0.39, 0.29) is 17.5 Å². The number of imidazole rings is 1. The Morgan fingerprint density at radius 3 is 2.35 bits per heavy atom. The summed E-state index contributed by atoms with van der Waals surface area (Å²) in [5, 5.41) is 4.35. The second kappa shape index (κ2) is 7.12. The van der Waals surface area contributed by atoms with E-state index in [9.17, 15) is 13.2 Å². The van der Waals surface area contributed by atoms with Crippen LogP contribution in [0, 0.1) is 6.92 Å². The van der Waals surface area contributed by atoms with E-state index in [0.717, 1.165) is 32.5 Å². The fourth-order valence-corrected chi connectivity index (χ4v) is 4.64. The fraction of sp³-hybridized carbons (Fsp3) is 0.273. The summed E-state index contributed by atoms with van der Waals surface area (Å²) in [6, 6.07) is 13.2. The lowest BCUT2D eigenvalue weighted by Crippen LogP contribution is -2.23. The average molecular weight is 440 g/mol. The molecule has 0 aliphatic rings. The molecule has 0 saturated heterocycles. The fourth-order valence-electron chi connectivity index (χ4n) is 3.96. The van der Waals surface area contributed by atoms with Crippen LogP contribution >= 0.6 is 0 Å². The van der Waals surface area contributed by atoms with Gasteiger partial charge in [0.25, 0.3) is 10.0 Å². The molecule has 2 heterocycles. The quantitative estimate of drug-likeness (QED) is 0.526. The number of benzene rings is 2. The van der Waals surface area contributed by atoms with Gasteiger partial charge in [-0.05, 0) is 44.5 Å². The molecule has 0 aliphatic heterocycles. The summed E-state index contributed by atoms with van der Waals surface area (Å²) in [5.74, 6) is 0.0339. The summed E-state index contributed by atoms with van der Waals surface area (Å²) in [6.07, 6.45) is 1.07. The molecule has 0 radical (unpaired) electrons. The maximum absolute atomic E-state index is 12.7. The monoisotopic (exact) mass is 439 g/mol. The Morgan fingerprint density at radius 1 is 1.03 bits per heavy atom. The van der Waals surface area contributed by atoms with E-state index in [1.165, 1.54) is 0 Å². The van der Waals surface area contributed by atoms with E-state index in [1.54, 1.807) is 16.2 Å². The Labute approximate surface area is 180 Å². The van der Waals surface area contributed by atoms with Crippen LogP contribution in [0.4, 0.5) is 5.82 Å². The molecule has 4 rings (SSSR count). The van der Waals surface area contributed by atoms with Crippen LogP contribution in [0.2, 0.25) is 0 Å². The molecule has 0 aliphatic carbocycles. The molecule has 0 bridgehead atoms. The van der Waals surface area contributed by atoms with E-state index in [2.05, 4.69) is 5.10 Å². The van der Waals surface area contributed by atoms with Crippen molar-refractivity contribution in [2.75, 3.05) is 12.0 Å². The number of hydrogen-bond acceptors (Lipinski definition) is 5. The van der Waals surface area contributed by atoms with Gasteiger partial charge in [-0.3, -0.25) is 9.13 Å². The Hall–Kier alpha value is -3.33. The number of fused-ring (bicyclic) bond motifs is 1. The van der Waals surface area contributed by atoms with E-state index >= 15 is 0 Å². The summed E-state index contributed by atoms with van der Waals surface area (Å²) < 4.78 is 28.8. The van der Waals surface area contributed by atoms with E-state index in [1.807, 2.05) is 63.2 Å². The van der Waals surface area contributed by atoms with Crippen molar-refractivity contribution in [3.05, 3.63) is 58.5 Å². The third-order valence-corrected chi connectivity index (χ3v) is 6.30. The minimum Gasteiger partial charge on any atom is -0.382 e. The first-order chi connectivity index (χ1) is 14.5. The molecule has 0 saturated carbocycles. The van der Waals surface area contributed by atoms with E-state index < -0.39 is 10.0 Å². The van der Waals surface area contributed by atoms with Crippen molar-refractivity contribution in [3.8, 4) is 22.4 Å². The largest absolute Gasteiger partial charge is 0.382 e. The minimum atomic E-state index is -3.70. The maximum atomic E-state index is 12.7. The van der Waals surface area contributed by atoms with Crippen molar-refractivity contribution in [2.24, 2.45) is 7.05 Å². The SMILES string of the molecule is Cc1cccc(-c2nn(S(C)(=O)=O)c(N)c2-c2ccc3c(c2)n(C)c(=O)n3C(C)C)c1. The van der Waals surface area contributed by atoms with Crippen LogP contribution in [0.25, 0.3) is 33.4 Å². The second-order valence-electron chi connectivity index (χ2n) is 8.09. The topological polar surface area (TPSA) is 105 Å². The average Bonchev–Trinajstić information content (AvgIpc) is 3.16. The number of nitrogen functional groups attached to an aromatic ring is 1. The van der Waals surface area contributed by atoms with Gasteiger partial charge in [0, 0.05) is 18.7 Å². The molecule has 0 atom stereocenters. The highest BCUT2D eigenvalue weighted by Gasteiger charge is 2.24. The third-order valence-electron chi connectivity index (χ3n) is 5.39. The van der Waals surface area contributed by atoms with Gasteiger partial charge in [0.2, 0.25) is 0 Å². The molecule has 0 spiro atoms. The molecule has 4 aromatic rings. The van der Waals surface area contributed by atoms with Crippen LogP contribution in [0.15, 0.2) is 47.3 Å². The zero-order chi connectivity index (χ0) is 22.7. The van der Waals surface area contributed by atoms with Gasteiger partial charge in [-0.2, -0.15) is 5.10 Å². The van der Waals surface area contributed by atoms with Crippen LogP contribution in [0.5, 0.6) is 0 Å². The number of rotatable bonds is 4. The molecule has 8 nitrogen and oxygen atoms in total. The molecule has 9 heteroatoms. The van der Waals surface area contributed by atoms with Crippen molar-refractivity contribution in [3.63, 3.8) is 0 Å². The van der Waals surface area contributed by atoms with Gasteiger partial charge >= 0.3 is 5.69 Å². The lowest BCUT2D eigenvalue weighted by atomic mass is 9.99. The van der Waals surface area contributed by atoms with Crippen molar-refractivity contribution in [1.29, 1.82) is 0 Å². The summed E-state index contributed by atoms with van der Waals surface area (Å²) in [7, 11) is -1.98. The molecule has 2 aromatic heterocycles. The van der Waals surface area contributed by atoms with Crippen molar-refractivity contribution >= 4 is 26.9 Å². The Morgan fingerprint density at radius 2 is 1.74 bits per heavy atom. The first kappa shape index (κ1) is 20.9. The van der Waals surface area contributed by atoms with Gasteiger partial charge < -0.3 is 5.73 Å². The zero-order valence-electron chi connectivity index (χ0n) is 18.1. The smallest absolute Gasteiger partial charge is 0.329 e. The summed E-state index contributed by atoms with van der Waals surface area (Å²) in [4.78, 5) is 12.7. The predicted octanol–water partition coefficient (Wildman–Crippen LogP) is 3.15. The van der Waals surface area contributed by atoms with Crippen LogP contribution in [-0.4, -0.2) is 33.0 Å². The molecule has 0 unspecified atom stereocenters. The number of hydrogen-bond donors (Lipinski definition) is 1. The number of aromatic nitrogens is 4. The third kappa shape index (κ3) is 3.34. The van der Waals surface area contributed by atoms with Crippen LogP contribution < -0.4 is 11.4 Å².